The minimum Gasteiger partial charge on any atom is -0.349 e. The Bertz CT molecular complexity index is 1220. The van der Waals surface area contributed by atoms with Gasteiger partial charge in [-0.3, -0.25) is 9.59 Å². The number of carbonyl (C=O) groups is 2. The van der Waals surface area contributed by atoms with Crippen molar-refractivity contribution in [2.24, 2.45) is 5.41 Å². The van der Waals surface area contributed by atoms with Gasteiger partial charge in [-0.25, -0.2) is 9.97 Å². The van der Waals surface area contributed by atoms with Gasteiger partial charge in [0.1, 0.15) is 23.0 Å². The van der Waals surface area contributed by atoms with E-state index in [1.807, 2.05) is 52.8 Å². The smallest absolute Gasteiger partial charge is 0.262 e. The first kappa shape index (κ1) is 22.7. The number of ketones is 1. The fraction of sp³-hybridized carbons (Fsp3) is 0.292. The Hall–Kier alpha value is -3.99. The van der Waals surface area contributed by atoms with E-state index in [2.05, 4.69) is 25.6 Å². The SMILES string of the molecule is CC(C)NC(=O)/C(C#N)=C/c1ccc(Nc2cnc3[nH]cc(C(=O)C(C)(C)C)c3n2)cc1. The number of anilines is 2. The molecule has 0 fully saturated rings. The average Bonchev–Trinajstić information content (AvgIpc) is 3.14. The number of hydrogen-bond acceptors (Lipinski definition) is 6. The van der Waals surface area contributed by atoms with Crippen molar-refractivity contribution in [3.63, 3.8) is 0 Å². The summed E-state index contributed by atoms with van der Waals surface area (Å²) in [5, 5.41) is 15.1. The van der Waals surface area contributed by atoms with Gasteiger partial charge in [0.2, 0.25) is 0 Å². The summed E-state index contributed by atoms with van der Waals surface area (Å²) in [4.78, 5) is 36.7. The maximum atomic E-state index is 12.7. The van der Waals surface area contributed by atoms with Crippen molar-refractivity contribution in [2.45, 2.75) is 40.7 Å². The predicted octanol–water partition coefficient (Wildman–Crippen LogP) is 4.36. The van der Waals surface area contributed by atoms with Crippen LogP contribution in [0.3, 0.4) is 0 Å². The highest BCUT2D eigenvalue weighted by molar-refractivity contribution is 6.08. The summed E-state index contributed by atoms with van der Waals surface area (Å²) in [7, 11) is 0. The number of aromatic amines is 1. The van der Waals surface area contributed by atoms with Crippen molar-refractivity contribution in [2.75, 3.05) is 5.32 Å². The normalized spacial score (nSPS) is 12.0. The second-order valence-corrected chi connectivity index (χ2v) is 8.78. The number of fused-ring (bicyclic) bond motifs is 1. The summed E-state index contributed by atoms with van der Waals surface area (Å²) in [6, 6.07) is 9.09. The van der Waals surface area contributed by atoms with Gasteiger partial charge in [-0.2, -0.15) is 5.26 Å². The third kappa shape index (κ3) is 5.19. The lowest BCUT2D eigenvalue weighted by atomic mass is 9.87. The van der Waals surface area contributed by atoms with Gasteiger partial charge in [-0.1, -0.05) is 32.9 Å². The monoisotopic (exact) mass is 430 g/mol. The molecule has 0 radical (unpaired) electrons. The molecule has 0 bridgehead atoms. The highest BCUT2D eigenvalue weighted by Crippen LogP contribution is 2.26. The molecule has 0 spiro atoms. The molecule has 0 aliphatic rings. The van der Waals surface area contributed by atoms with Crippen LogP contribution in [0.15, 0.2) is 42.2 Å². The lowest BCUT2D eigenvalue weighted by molar-refractivity contribution is -0.117. The van der Waals surface area contributed by atoms with Gasteiger partial charge in [0.05, 0.1) is 11.8 Å². The highest BCUT2D eigenvalue weighted by atomic mass is 16.1. The van der Waals surface area contributed by atoms with Gasteiger partial charge in [0, 0.05) is 23.3 Å². The van der Waals surface area contributed by atoms with Crippen molar-refractivity contribution in [3.05, 3.63) is 53.4 Å². The lowest BCUT2D eigenvalue weighted by Crippen LogP contribution is -2.30. The molecule has 3 rings (SSSR count). The molecule has 8 heteroatoms. The van der Waals surface area contributed by atoms with Crippen LogP contribution in [0, 0.1) is 16.7 Å². The van der Waals surface area contributed by atoms with Crippen molar-refractivity contribution in [1.29, 1.82) is 5.26 Å². The van der Waals surface area contributed by atoms with E-state index in [0.29, 0.717) is 22.5 Å². The molecular weight excluding hydrogens is 404 g/mol. The van der Waals surface area contributed by atoms with Crippen LogP contribution in [0.5, 0.6) is 0 Å². The first-order valence-electron chi connectivity index (χ1n) is 10.3. The van der Waals surface area contributed by atoms with Crippen LogP contribution in [0.2, 0.25) is 0 Å². The maximum absolute atomic E-state index is 12.7. The lowest BCUT2D eigenvalue weighted by Gasteiger charge is -2.15. The summed E-state index contributed by atoms with van der Waals surface area (Å²) in [5.74, 6) is 0.0823. The zero-order valence-corrected chi connectivity index (χ0v) is 18.8. The molecule has 0 aliphatic heterocycles. The first-order valence-corrected chi connectivity index (χ1v) is 10.3. The van der Waals surface area contributed by atoms with E-state index in [9.17, 15) is 14.9 Å². The van der Waals surface area contributed by atoms with Gasteiger partial charge in [-0.05, 0) is 37.6 Å². The first-order chi connectivity index (χ1) is 15.1. The van der Waals surface area contributed by atoms with Crippen molar-refractivity contribution >= 4 is 40.4 Å². The summed E-state index contributed by atoms with van der Waals surface area (Å²) in [5.41, 5.74) is 2.55. The largest absolute Gasteiger partial charge is 0.349 e. The maximum Gasteiger partial charge on any atom is 0.262 e. The molecule has 2 heterocycles. The summed E-state index contributed by atoms with van der Waals surface area (Å²) >= 11 is 0. The summed E-state index contributed by atoms with van der Waals surface area (Å²) in [6.45, 7) is 9.27. The summed E-state index contributed by atoms with van der Waals surface area (Å²) < 4.78 is 0. The number of aromatic nitrogens is 3. The number of Topliss-reactive ketones (excluding diaryl/α,β-unsaturated/α-hetero) is 1. The molecule has 3 N–H and O–H groups in total. The Morgan fingerprint density at radius 2 is 1.88 bits per heavy atom. The molecule has 2 aromatic heterocycles. The van der Waals surface area contributed by atoms with E-state index in [1.54, 1.807) is 24.5 Å². The molecule has 0 aliphatic carbocycles. The number of benzene rings is 1. The fourth-order valence-corrected chi connectivity index (χ4v) is 2.99. The molecule has 3 aromatic rings. The number of nitrogens with one attached hydrogen (secondary N) is 3. The van der Waals surface area contributed by atoms with E-state index in [1.165, 1.54) is 6.08 Å². The zero-order chi connectivity index (χ0) is 23.5. The number of hydrogen-bond donors (Lipinski definition) is 3. The molecule has 0 unspecified atom stereocenters. The molecular formula is C24H26N6O2. The topological polar surface area (TPSA) is 124 Å². The molecule has 1 amide bonds. The van der Waals surface area contributed by atoms with Crippen molar-refractivity contribution in [1.82, 2.24) is 20.3 Å². The van der Waals surface area contributed by atoms with Gasteiger partial charge in [-0.15, -0.1) is 0 Å². The van der Waals surface area contributed by atoms with Gasteiger partial charge >= 0.3 is 0 Å². The van der Waals surface area contributed by atoms with Crippen LogP contribution >= 0.6 is 0 Å². The van der Waals surface area contributed by atoms with Crippen LogP contribution in [-0.4, -0.2) is 32.7 Å². The van der Waals surface area contributed by atoms with Crippen LogP contribution < -0.4 is 10.6 Å². The number of rotatable bonds is 6. The quantitative estimate of drug-likeness (QED) is 0.303. The Balaban J connectivity index is 1.81. The van der Waals surface area contributed by atoms with E-state index in [4.69, 9.17) is 0 Å². The second kappa shape index (κ2) is 9.02. The van der Waals surface area contributed by atoms with E-state index < -0.39 is 11.3 Å². The Morgan fingerprint density at radius 3 is 2.47 bits per heavy atom. The minimum absolute atomic E-state index is 0.0128. The van der Waals surface area contributed by atoms with E-state index >= 15 is 0 Å². The van der Waals surface area contributed by atoms with Crippen LogP contribution in [0.4, 0.5) is 11.5 Å². The fourth-order valence-electron chi connectivity index (χ4n) is 2.99. The Morgan fingerprint density at radius 1 is 1.19 bits per heavy atom. The van der Waals surface area contributed by atoms with E-state index in [0.717, 1.165) is 11.3 Å². The average molecular weight is 431 g/mol. The molecule has 164 valence electrons. The zero-order valence-electron chi connectivity index (χ0n) is 18.8. The van der Waals surface area contributed by atoms with Gasteiger partial charge in [0.25, 0.3) is 5.91 Å². The van der Waals surface area contributed by atoms with Crippen LogP contribution in [0.25, 0.3) is 17.2 Å². The molecule has 0 atom stereocenters. The number of amides is 1. The molecule has 0 saturated carbocycles. The third-order valence-electron chi connectivity index (χ3n) is 4.59. The van der Waals surface area contributed by atoms with Crippen LogP contribution in [0.1, 0.15) is 50.5 Å². The minimum atomic E-state index is -0.530. The van der Waals surface area contributed by atoms with E-state index in [-0.39, 0.29) is 17.4 Å². The van der Waals surface area contributed by atoms with Crippen molar-refractivity contribution in [3.8, 4) is 6.07 Å². The number of H-pyrrole nitrogens is 1. The molecule has 32 heavy (non-hydrogen) atoms. The summed E-state index contributed by atoms with van der Waals surface area (Å²) in [6.07, 6.45) is 4.77. The predicted molar refractivity (Wildman–Crippen MR) is 124 cm³/mol. The van der Waals surface area contributed by atoms with Gasteiger partial charge < -0.3 is 15.6 Å². The number of carbonyl (C=O) groups excluding carboxylic acids is 2. The third-order valence-corrected chi connectivity index (χ3v) is 4.59. The number of nitriles is 1. The van der Waals surface area contributed by atoms with Crippen molar-refractivity contribution < 1.29 is 9.59 Å². The highest BCUT2D eigenvalue weighted by Gasteiger charge is 2.26. The molecule has 1 aromatic carbocycles. The number of nitrogens with zero attached hydrogens (tertiary/aromatic N) is 3. The molecule has 8 nitrogen and oxygen atoms in total. The second-order valence-electron chi connectivity index (χ2n) is 8.78. The molecule has 0 saturated heterocycles. The Kier molecular flexibility index (Phi) is 6.40. The standard InChI is InChI=1S/C24H26N6O2/c1-14(2)28-23(32)16(11-25)10-15-6-8-17(9-7-15)29-19-13-27-22-20(30-19)18(12-26-22)21(31)24(3,4)5/h6-10,12-14H,1-5H3,(H,26,27)(H,28,32)(H,29,30)/b16-10+. The Labute approximate surface area is 186 Å². The van der Waals surface area contributed by atoms with Crippen LogP contribution in [-0.2, 0) is 4.79 Å². The van der Waals surface area contributed by atoms with Gasteiger partial charge in [0.15, 0.2) is 11.4 Å².